The molecule has 1 atom stereocenters. The highest BCUT2D eigenvalue weighted by Gasteiger charge is 2.32. The largest absolute Gasteiger partial charge is 0.481 e. The molecule has 1 aliphatic rings. The molecule has 0 N–H and O–H groups in total. The van der Waals surface area contributed by atoms with Crippen LogP contribution < -0.4 is 9.64 Å². The summed E-state index contributed by atoms with van der Waals surface area (Å²) in [5.74, 6) is 0.448. The zero-order valence-corrected chi connectivity index (χ0v) is 16.7. The number of carbonyl (C=O) groups excluding carboxylic acids is 1. The SMILES string of the molecule is CC[C@@H](Oc1ccc(Cl)cc1)C(=O)N1CCN(c2cccc(C(F)(F)F)c2)CC1. The van der Waals surface area contributed by atoms with Gasteiger partial charge in [-0.3, -0.25) is 4.79 Å². The summed E-state index contributed by atoms with van der Waals surface area (Å²) < 4.78 is 44.6. The highest BCUT2D eigenvalue weighted by atomic mass is 35.5. The molecule has 0 saturated carbocycles. The van der Waals surface area contributed by atoms with Gasteiger partial charge in [0.2, 0.25) is 0 Å². The maximum absolute atomic E-state index is 12.9. The minimum Gasteiger partial charge on any atom is -0.481 e. The van der Waals surface area contributed by atoms with Crippen molar-refractivity contribution in [3.63, 3.8) is 0 Å². The molecule has 1 saturated heterocycles. The van der Waals surface area contributed by atoms with Crippen molar-refractivity contribution in [3.8, 4) is 5.75 Å². The molecule has 0 bridgehead atoms. The first-order chi connectivity index (χ1) is 13.8. The van der Waals surface area contributed by atoms with Gasteiger partial charge in [-0.25, -0.2) is 0 Å². The average molecular weight is 427 g/mol. The lowest BCUT2D eigenvalue weighted by molar-refractivity contribution is -0.139. The fraction of sp³-hybridized carbons (Fsp3) is 0.381. The van der Waals surface area contributed by atoms with E-state index in [2.05, 4.69) is 0 Å². The topological polar surface area (TPSA) is 32.8 Å². The highest BCUT2D eigenvalue weighted by Crippen LogP contribution is 2.32. The molecule has 0 aliphatic carbocycles. The fourth-order valence-corrected chi connectivity index (χ4v) is 3.38. The van der Waals surface area contributed by atoms with Crippen molar-refractivity contribution in [1.82, 2.24) is 4.90 Å². The van der Waals surface area contributed by atoms with E-state index in [0.29, 0.717) is 49.1 Å². The van der Waals surface area contributed by atoms with Crippen LogP contribution in [0.25, 0.3) is 0 Å². The maximum atomic E-state index is 12.9. The minimum atomic E-state index is -4.37. The van der Waals surface area contributed by atoms with E-state index >= 15 is 0 Å². The normalized spacial score (nSPS) is 15.9. The summed E-state index contributed by atoms with van der Waals surface area (Å²) in [4.78, 5) is 16.4. The molecule has 0 unspecified atom stereocenters. The van der Waals surface area contributed by atoms with E-state index in [1.165, 1.54) is 6.07 Å². The van der Waals surface area contributed by atoms with E-state index in [1.54, 1.807) is 35.2 Å². The first kappa shape index (κ1) is 21.3. The van der Waals surface area contributed by atoms with Crippen molar-refractivity contribution in [1.29, 1.82) is 0 Å². The third-order valence-electron chi connectivity index (χ3n) is 4.87. The van der Waals surface area contributed by atoms with Gasteiger partial charge in [0.15, 0.2) is 6.10 Å². The Hall–Kier alpha value is -2.41. The van der Waals surface area contributed by atoms with Crippen LogP contribution in [0.1, 0.15) is 18.9 Å². The van der Waals surface area contributed by atoms with E-state index in [1.807, 2.05) is 11.8 Å². The van der Waals surface area contributed by atoms with Crippen molar-refractivity contribution in [2.75, 3.05) is 31.1 Å². The number of carbonyl (C=O) groups is 1. The van der Waals surface area contributed by atoms with Crippen LogP contribution in [0.2, 0.25) is 5.02 Å². The molecule has 0 radical (unpaired) electrons. The molecule has 1 aliphatic heterocycles. The molecule has 156 valence electrons. The maximum Gasteiger partial charge on any atom is 0.416 e. The average Bonchev–Trinajstić information content (AvgIpc) is 2.72. The summed E-state index contributed by atoms with van der Waals surface area (Å²) >= 11 is 5.87. The lowest BCUT2D eigenvalue weighted by Gasteiger charge is -2.37. The van der Waals surface area contributed by atoms with Crippen LogP contribution in [-0.4, -0.2) is 43.1 Å². The van der Waals surface area contributed by atoms with Crippen molar-refractivity contribution in [2.24, 2.45) is 0 Å². The summed E-state index contributed by atoms with van der Waals surface area (Å²) in [7, 11) is 0. The van der Waals surface area contributed by atoms with Gasteiger partial charge in [0, 0.05) is 36.9 Å². The summed E-state index contributed by atoms with van der Waals surface area (Å²) in [6.45, 7) is 3.65. The van der Waals surface area contributed by atoms with Gasteiger partial charge in [-0.05, 0) is 48.9 Å². The van der Waals surface area contributed by atoms with Crippen LogP contribution in [0.3, 0.4) is 0 Å². The lowest BCUT2D eigenvalue weighted by atomic mass is 10.1. The smallest absolute Gasteiger partial charge is 0.416 e. The zero-order chi connectivity index (χ0) is 21.0. The summed E-state index contributed by atoms with van der Waals surface area (Å²) in [5, 5.41) is 0.586. The molecule has 1 heterocycles. The van der Waals surface area contributed by atoms with Crippen molar-refractivity contribution < 1.29 is 22.7 Å². The van der Waals surface area contributed by atoms with Gasteiger partial charge in [0.05, 0.1) is 5.56 Å². The number of hydrogen-bond donors (Lipinski definition) is 0. The molecule has 1 amide bonds. The second-order valence-electron chi connectivity index (χ2n) is 6.83. The predicted octanol–water partition coefficient (Wildman–Crippen LogP) is 4.87. The first-order valence-corrected chi connectivity index (χ1v) is 9.79. The molecule has 0 spiro atoms. The number of rotatable bonds is 5. The molecule has 2 aromatic rings. The van der Waals surface area contributed by atoms with Gasteiger partial charge in [0.25, 0.3) is 5.91 Å². The number of alkyl halides is 3. The van der Waals surface area contributed by atoms with E-state index < -0.39 is 17.8 Å². The van der Waals surface area contributed by atoms with Gasteiger partial charge in [-0.2, -0.15) is 13.2 Å². The molecule has 3 rings (SSSR count). The van der Waals surface area contributed by atoms with Crippen LogP contribution in [0.5, 0.6) is 5.75 Å². The highest BCUT2D eigenvalue weighted by molar-refractivity contribution is 6.30. The van der Waals surface area contributed by atoms with Gasteiger partial charge >= 0.3 is 6.18 Å². The number of ether oxygens (including phenoxy) is 1. The van der Waals surface area contributed by atoms with Gasteiger partial charge in [0.1, 0.15) is 5.75 Å². The van der Waals surface area contributed by atoms with Crippen molar-refractivity contribution in [3.05, 3.63) is 59.1 Å². The minimum absolute atomic E-state index is 0.119. The summed E-state index contributed by atoms with van der Waals surface area (Å²) in [6, 6.07) is 12.1. The number of piperazine rings is 1. The Balaban J connectivity index is 1.60. The van der Waals surface area contributed by atoms with Crippen LogP contribution in [-0.2, 0) is 11.0 Å². The Labute approximate surface area is 172 Å². The number of benzene rings is 2. The zero-order valence-electron chi connectivity index (χ0n) is 16.0. The standard InChI is InChI=1S/C21H22ClF3N2O2/c1-2-19(29-18-8-6-16(22)7-9-18)20(28)27-12-10-26(11-13-27)17-5-3-4-15(14-17)21(23,24)25/h3-9,14,19H,2,10-13H2,1H3/t19-/m1/s1. The van der Waals surface area contributed by atoms with Crippen LogP contribution >= 0.6 is 11.6 Å². The molecule has 0 aromatic heterocycles. The van der Waals surface area contributed by atoms with Crippen LogP contribution in [0.15, 0.2) is 48.5 Å². The summed E-state index contributed by atoms with van der Waals surface area (Å²) in [6.07, 6.45) is -4.48. The Morgan fingerprint density at radius 1 is 1.10 bits per heavy atom. The van der Waals surface area contributed by atoms with Crippen molar-refractivity contribution in [2.45, 2.75) is 25.6 Å². The first-order valence-electron chi connectivity index (χ1n) is 9.41. The Morgan fingerprint density at radius 2 is 1.76 bits per heavy atom. The third kappa shape index (κ3) is 5.35. The predicted molar refractivity (Wildman–Crippen MR) is 106 cm³/mol. The molecule has 29 heavy (non-hydrogen) atoms. The molecular weight excluding hydrogens is 405 g/mol. The molecule has 4 nitrogen and oxygen atoms in total. The molecule has 2 aromatic carbocycles. The summed E-state index contributed by atoms with van der Waals surface area (Å²) in [5.41, 5.74) is -0.160. The van der Waals surface area contributed by atoms with Crippen LogP contribution in [0, 0.1) is 0 Å². The van der Waals surface area contributed by atoms with E-state index in [0.717, 1.165) is 12.1 Å². The number of nitrogens with zero attached hydrogens (tertiary/aromatic N) is 2. The number of halogens is 4. The number of anilines is 1. The molecule has 1 fully saturated rings. The monoisotopic (exact) mass is 426 g/mol. The van der Waals surface area contributed by atoms with Gasteiger partial charge < -0.3 is 14.5 Å². The number of hydrogen-bond acceptors (Lipinski definition) is 3. The fourth-order valence-electron chi connectivity index (χ4n) is 3.25. The van der Waals surface area contributed by atoms with E-state index in [4.69, 9.17) is 16.3 Å². The Kier molecular flexibility index (Phi) is 6.57. The third-order valence-corrected chi connectivity index (χ3v) is 5.12. The van der Waals surface area contributed by atoms with Crippen molar-refractivity contribution >= 4 is 23.2 Å². The Morgan fingerprint density at radius 3 is 2.34 bits per heavy atom. The van der Waals surface area contributed by atoms with Gasteiger partial charge in [-0.1, -0.05) is 24.6 Å². The van der Waals surface area contributed by atoms with Crippen LogP contribution in [0.4, 0.5) is 18.9 Å². The number of amides is 1. The second kappa shape index (κ2) is 8.95. The quantitative estimate of drug-likeness (QED) is 0.684. The second-order valence-corrected chi connectivity index (χ2v) is 7.27. The molecular formula is C21H22ClF3N2O2. The lowest BCUT2D eigenvalue weighted by Crippen LogP contribution is -2.52. The van der Waals surface area contributed by atoms with E-state index in [-0.39, 0.29) is 5.91 Å². The Bertz CT molecular complexity index is 835. The van der Waals surface area contributed by atoms with Gasteiger partial charge in [-0.15, -0.1) is 0 Å². The van der Waals surface area contributed by atoms with E-state index in [9.17, 15) is 18.0 Å². The molecule has 8 heteroatoms.